The number of methoxy groups -OCH3 is 1. The highest BCUT2D eigenvalue weighted by atomic mass is 16.5. The lowest BCUT2D eigenvalue weighted by Gasteiger charge is -2.24. The Morgan fingerprint density at radius 1 is 1.41 bits per heavy atom. The normalized spacial score (nSPS) is 18.0. The number of nitrogens with one attached hydrogen (secondary N) is 1. The van der Waals surface area contributed by atoms with Gasteiger partial charge in [0.25, 0.3) is 0 Å². The Bertz CT molecular complexity index is 386. The van der Waals surface area contributed by atoms with Crippen LogP contribution in [0.4, 0.5) is 11.5 Å². The minimum atomic E-state index is 0.386. The van der Waals surface area contributed by atoms with Gasteiger partial charge in [-0.15, -0.1) is 0 Å². The number of aromatic nitrogens is 1. The molecular formula is C13H21N3O. The summed E-state index contributed by atoms with van der Waals surface area (Å²) in [6.07, 6.45) is 5.23. The molecule has 94 valence electrons. The van der Waals surface area contributed by atoms with Crippen LogP contribution in [0.15, 0.2) is 12.1 Å². The summed E-state index contributed by atoms with van der Waals surface area (Å²) < 4.78 is 5.10. The molecule has 0 atom stereocenters. The van der Waals surface area contributed by atoms with Crippen LogP contribution in [-0.4, -0.2) is 18.6 Å². The number of hydrogen-bond donors (Lipinski definition) is 2. The second-order valence-electron chi connectivity index (χ2n) is 5.16. The molecule has 4 nitrogen and oxygen atoms in total. The zero-order chi connectivity index (χ0) is 12.3. The van der Waals surface area contributed by atoms with Gasteiger partial charge in [-0.05, 0) is 24.3 Å². The van der Waals surface area contributed by atoms with Crippen molar-refractivity contribution in [3.8, 4) is 5.88 Å². The van der Waals surface area contributed by atoms with E-state index in [1.54, 1.807) is 13.2 Å². The number of hydrogen-bond acceptors (Lipinski definition) is 4. The molecule has 0 spiro atoms. The van der Waals surface area contributed by atoms with Gasteiger partial charge in [-0.1, -0.05) is 19.8 Å². The number of nitrogen functional groups attached to an aromatic ring is 1. The monoisotopic (exact) mass is 235 g/mol. The van der Waals surface area contributed by atoms with Gasteiger partial charge in [0.1, 0.15) is 0 Å². The number of nitrogens with two attached hydrogens (primary N) is 1. The summed E-state index contributed by atoms with van der Waals surface area (Å²) in [4.78, 5) is 4.32. The Hall–Kier alpha value is -1.45. The molecule has 0 bridgehead atoms. The molecule has 1 aliphatic carbocycles. The van der Waals surface area contributed by atoms with E-state index in [1.165, 1.54) is 25.7 Å². The summed E-state index contributed by atoms with van der Waals surface area (Å²) in [6, 6.07) is 3.60. The van der Waals surface area contributed by atoms with Crippen LogP contribution < -0.4 is 15.8 Å². The molecule has 1 aromatic heterocycles. The first-order valence-corrected chi connectivity index (χ1v) is 6.17. The third-order valence-corrected chi connectivity index (χ3v) is 3.60. The van der Waals surface area contributed by atoms with Crippen LogP contribution in [0.3, 0.4) is 0 Å². The van der Waals surface area contributed by atoms with E-state index < -0.39 is 0 Å². The summed E-state index contributed by atoms with van der Waals surface area (Å²) in [5.41, 5.74) is 6.95. The van der Waals surface area contributed by atoms with Crippen LogP contribution in [0.2, 0.25) is 0 Å². The molecule has 4 heteroatoms. The van der Waals surface area contributed by atoms with Gasteiger partial charge in [0.2, 0.25) is 5.88 Å². The van der Waals surface area contributed by atoms with E-state index in [4.69, 9.17) is 10.5 Å². The molecule has 1 heterocycles. The Balaban J connectivity index is 2.02. The molecule has 1 aromatic rings. The van der Waals surface area contributed by atoms with Crippen molar-refractivity contribution in [2.24, 2.45) is 5.41 Å². The number of rotatable bonds is 4. The van der Waals surface area contributed by atoms with Crippen molar-refractivity contribution in [3.63, 3.8) is 0 Å². The number of nitrogens with zero attached hydrogens (tertiary/aromatic N) is 1. The van der Waals surface area contributed by atoms with Crippen LogP contribution >= 0.6 is 0 Å². The number of anilines is 2. The summed E-state index contributed by atoms with van der Waals surface area (Å²) in [6.45, 7) is 3.25. The molecule has 1 fully saturated rings. The van der Waals surface area contributed by atoms with E-state index in [9.17, 15) is 0 Å². The van der Waals surface area contributed by atoms with Crippen molar-refractivity contribution in [1.82, 2.24) is 4.98 Å². The lowest BCUT2D eigenvalue weighted by molar-refractivity contribution is 0.361. The highest BCUT2D eigenvalue weighted by molar-refractivity contribution is 5.62. The maximum Gasteiger partial charge on any atom is 0.215 e. The molecule has 0 saturated heterocycles. The first-order valence-electron chi connectivity index (χ1n) is 6.17. The molecular weight excluding hydrogens is 214 g/mol. The molecule has 0 amide bonds. The average molecular weight is 235 g/mol. The first-order chi connectivity index (χ1) is 8.13. The maximum atomic E-state index is 5.89. The Labute approximate surface area is 103 Å². The smallest absolute Gasteiger partial charge is 0.215 e. The van der Waals surface area contributed by atoms with Gasteiger partial charge in [0, 0.05) is 12.6 Å². The van der Waals surface area contributed by atoms with E-state index in [1.807, 2.05) is 6.07 Å². The minimum Gasteiger partial charge on any atom is -0.481 e. The average Bonchev–Trinajstić information content (AvgIpc) is 2.76. The van der Waals surface area contributed by atoms with Crippen LogP contribution in [0.1, 0.15) is 32.6 Å². The van der Waals surface area contributed by atoms with Crippen LogP contribution in [0, 0.1) is 5.41 Å². The zero-order valence-electron chi connectivity index (χ0n) is 10.6. The van der Waals surface area contributed by atoms with E-state index in [-0.39, 0.29) is 0 Å². The van der Waals surface area contributed by atoms with Crippen molar-refractivity contribution in [2.75, 3.05) is 24.7 Å². The third kappa shape index (κ3) is 2.81. The van der Waals surface area contributed by atoms with Crippen molar-refractivity contribution < 1.29 is 4.74 Å². The second kappa shape index (κ2) is 4.82. The van der Waals surface area contributed by atoms with Gasteiger partial charge >= 0.3 is 0 Å². The second-order valence-corrected chi connectivity index (χ2v) is 5.16. The van der Waals surface area contributed by atoms with Gasteiger partial charge in [-0.3, -0.25) is 0 Å². The van der Waals surface area contributed by atoms with Crippen LogP contribution in [0.25, 0.3) is 0 Å². The minimum absolute atomic E-state index is 0.386. The van der Waals surface area contributed by atoms with Crippen LogP contribution in [-0.2, 0) is 0 Å². The first kappa shape index (κ1) is 12.0. The molecule has 1 aliphatic rings. The molecule has 3 N–H and O–H groups in total. The van der Waals surface area contributed by atoms with Gasteiger partial charge in [0.05, 0.1) is 12.8 Å². The lowest BCUT2D eigenvalue weighted by atomic mass is 9.89. The van der Waals surface area contributed by atoms with Crippen LogP contribution in [0.5, 0.6) is 5.88 Å². The fourth-order valence-corrected chi connectivity index (χ4v) is 2.41. The maximum absolute atomic E-state index is 5.89. The molecule has 2 rings (SSSR count). The van der Waals surface area contributed by atoms with Crippen molar-refractivity contribution >= 4 is 11.5 Å². The van der Waals surface area contributed by atoms with E-state index in [0.29, 0.717) is 17.0 Å². The van der Waals surface area contributed by atoms with Gasteiger partial charge < -0.3 is 15.8 Å². The lowest BCUT2D eigenvalue weighted by Crippen LogP contribution is -2.23. The van der Waals surface area contributed by atoms with Crippen molar-refractivity contribution in [1.29, 1.82) is 0 Å². The molecule has 0 unspecified atom stereocenters. The van der Waals surface area contributed by atoms with E-state index in [2.05, 4.69) is 17.2 Å². The summed E-state index contributed by atoms with van der Waals surface area (Å²) in [7, 11) is 1.61. The van der Waals surface area contributed by atoms with Gasteiger partial charge in [-0.25, -0.2) is 0 Å². The largest absolute Gasteiger partial charge is 0.481 e. The molecule has 0 radical (unpaired) electrons. The molecule has 0 aliphatic heterocycles. The Kier molecular flexibility index (Phi) is 3.41. The fraction of sp³-hybridized carbons (Fsp3) is 0.615. The topological polar surface area (TPSA) is 60.2 Å². The number of ether oxygens (including phenoxy) is 1. The predicted octanol–water partition coefficient (Wildman–Crippen LogP) is 2.66. The quantitative estimate of drug-likeness (QED) is 0.842. The van der Waals surface area contributed by atoms with E-state index >= 15 is 0 Å². The summed E-state index contributed by atoms with van der Waals surface area (Å²) in [5.74, 6) is 1.33. The number of pyridine rings is 1. The highest BCUT2D eigenvalue weighted by Gasteiger charge is 2.28. The Morgan fingerprint density at radius 3 is 2.76 bits per heavy atom. The zero-order valence-corrected chi connectivity index (χ0v) is 10.6. The molecule has 1 saturated carbocycles. The standard InChI is InChI=1S/C13H21N3O/c1-13(7-3-4-8-13)9-15-12-10(14)5-6-11(16-12)17-2/h5-6H,3-4,7-9,14H2,1-2H3,(H,15,16). The summed E-state index contributed by atoms with van der Waals surface area (Å²) >= 11 is 0. The molecule has 0 aromatic carbocycles. The molecule has 17 heavy (non-hydrogen) atoms. The third-order valence-electron chi connectivity index (χ3n) is 3.60. The van der Waals surface area contributed by atoms with E-state index in [0.717, 1.165) is 12.4 Å². The van der Waals surface area contributed by atoms with Crippen molar-refractivity contribution in [2.45, 2.75) is 32.6 Å². The van der Waals surface area contributed by atoms with Gasteiger partial charge in [0.15, 0.2) is 5.82 Å². The predicted molar refractivity (Wildman–Crippen MR) is 70.3 cm³/mol. The SMILES string of the molecule is COc1ccc(N)c(NCC2(C)CCCC2)n1. The van der Waals surface area contributed by atoms with Crippen molar-refractivity contribution in [3.05, 3.63) is 12.1 Å². The van der Waals surface area contributed by atoms with Gasteiger partial charge in [-0.2, -0.15) is 4.98 Å². The fourth-order valence-electron chi connectivity index (χ4n) is 2.41. The highest BCUT2D eigenvalue weighted by Crippen LogP contribution is 2.37. The summed E-state index contributed by atoms with van der Waals surface area (Å²) in [5, 5.41) is 3.35. The Morgan fingerprint density at radius 2 is 2.12 bits per heavy atom.